The van der Waals surface area contributed by atoms with Gasteiger partial charge in [0.25, 0.3) is 5.91 Å². The van der Waals surface area contributed by atoms with Crippen LogP contribution in [0.1, 0.15) is 42.3 Å². The Hall–Kier alpha value is -0.870. The van der Waals surface area contributed by atoms with Gasteiger partial charge in [0.1, 0.15) is 0 Å². The van der Waals surface area contributed by atoms with Gasteiger partial charge in [-0.3, -0.25) is 4.79 Å². The molecule has 0 spiro atoms. The molecule has 1 aliphatic rings. The number of carbonyl (C=O) groups is 1. The van der Waals surface area contributed by atoms with E-state index >= 15 is 0 Å². The lowest BCUT2D eigenvalue weighted by molar-refractivity contribution is 0.0736. The molecule has 0 bridgehead atoms. The van der Waals surface area contributed by atoms with Crippen LogP contribution in [0.25, 0.3) is 0 Å². The fraction of sp³-hybridized carbons (Fsp3) is 0.643. The number of thiophene rings is 1. The summed E-state index contributed by atoms with van der Waals surface area (Å²) >= 11 is 1.54. The largest absolute Gasteiger partial charge is 0.336 e. The lowest BCUT2D eigenvalue weighted by Crippen LogP contribution is -2.45. The maximum absolute atomic E-state index is 12.4. The van der Waals surface area contributed by atoms with E-state index in [9.17, 15) is 4.79 Å². The van der Waals surface area contributed by atoms with Crippen molar-refractivity contribution in [2.24, 2.45) is 0 Å². The number of nitrogens with zero attached hydrogens (tertiary/aromatic N) is 1. The SMILES string of the molecule is CCCN(CC1CCCCN1)C(=O)c1cccs1. The zero-order chi connectivity index (χ0) is 12.8. The lowest BCUT2D eigenvalue weighted by Gasteiger charge is -2.30. The maximum Gasteiger partial charge on any atom is 0.263 e. The summed E-state index contributed by atoms with van der Waals surface area (Å²) < 4.78 is 0. The van der Waals surface area contributed by atoms with Crippen LogP contribution in [0.3, 0.4) is 0 Å². The van der Waals surface area contributed by atoms with E-state index in [4.69, 9.17) is 0 Å². The molecule has 1 amide bonds. The first kappa shape index (κ1) is 13.6. The molecule has 1 atom stereocenters. The van der Waals surface area contributed by atoms with Crippen molar-refractivity contribution in [3.63, 3.8) is 0 Å². The van der Waals surface area contributed by atoms with Crippen LogP contribution < -0.4 is 5.32 Å². The molecule has 18 heavy (non-hydrogen) atoms. The summed E-state index contributed by atoms with van der Waals surface area (Å²) in [5.41, 5.74) is 0. The molecular formula is C14H22N2OS. The van der Waals surface area contributed by atoms with Gasteiger partial charge in [-0.1, -0.05) is 19.4 Å². The third-order valence-corrected chi connectivity index (χ3v) is 4.22. The summed E-state index contributed by atoms with van der Waals surface area (Å²) in [7, 11) is 0. The number of nitrogens with one attached hydrogen (secondary N) is 1. The first-order valence-corrected chi connectivity index (χ1v) is 7.75. The molecule has 0 saturated carbocycles. The van der Waals surface area contributed by atoms with Gasteiger partial charge in [0, 0.05) is 19.1 Å². The second kappa shape index (κ2) is 6.90. The summed E-state index contributed by atoms with van der Waals surface area (Å²) in [6, 6.07) is 4.35. The van der Waals surface area contributed by atoms with Gasteiger partial charge in [-0.2, -0.15) is 0 Å². The van der Waals surface area contributed by atoms with Crippen LogP contribution in [0.5, 0.6) is 0 Å². The predicted molar refractivity (Wildman–Crippen MR) is 76.2 cm³/mol. The second-order valence-corrected chi connectivity index (χ2v) is 5.82. The Morgan fingerprint density at radius 1 is 1.56 bits per heavy atom. The minimum Gasteiger partial charge on any atom is -0.336 e. The van der Waals surface area contributed by atoms with E-state index in [1.807, 2.05) is 22.4 Å². The van der Waals surface area contributed by atoms with Gasteiger partial charge < -0.3 is 10.2 Å². The Morgan fingerprint density at radius 3 is 3.06 bits per heavy atom. The number of piperidine rings is 1. The van der Waals surface area contributed by atoms with E-state index in [2.05, 4.69) is 12.2 Å². The van der Waals surface area contributed by atoms with Crippen LogP contribution in [0.2, 0.25) is 0 Å². The Balaban J connectivity index is 1.96. The van der Waals surface area contributed by atoms with Crippen molar-refractivity contribution in [2.45, 2.75) is 38.6 Å². The van der Waals surface area contributed by atoms with Crippen molar-refractivity contribution < 1.29 is 4.79 Å². The third kappa shape index (κ3) is 3.56. The van der Waals surface area contributed by atoms with Crippen LogP contribution in [-0.4, -0.2) is 36.5 Å². The van der Waals surface area contributed by atoms with Crippen molar-refractivity contribution in [3.05, 3.63) is 22.4 Å². The molecule has 2 rings (SSSR count). The summed E-state index contributed by atoms with van der Waals surface area (Å²) in [6.45, 7) is 4.93. The molecule has 100 valence electrons. The standard InChI is InChI=1S/C14H22N2OS/c1-2-9-16(11-12-6-3-4-8-15-12)14(17)13-7-5-10-18-13/h5,7,10,12,15H,2-4,6,8-9,11H2,1H3. The van der Waals surface area contributed by atoms with Crippen LogP contribution in [-0.2, 0) is 0 Å². The lowest BCUT2D eigenvalue weighted by atomic mass is 10.0. The number of hydrogen-bond donors (Lipinski definition) is 1. The Labute approximate surface area is 113 Å². The first-order chi connectivity index (χ1) is 8.81. The van der Waals surface area contributed by atoms with Crippen molar-refractivity contribution in [3.8, 4) is 0 Å². The van der Waals surface area contributed by atoms with Crippen LogP contribution >= 0.6 is 11.3 Å². The van der Waals surface area contributed by atoms with Crippen LogP contribution in [0.15, 0.2) is 17.5 Å². The number of rotatable bonds is 5. The first-order valence-electron chi connectivity index (χ1n) is 6.87. The summed E-state index contributed by atoms with van der Waals surface area (Å²) in [6.07, 6.45) is 4.76. The Morgan fingerprint density at radius 2 is 2.44 bits per heavy atom. The van der Waals surface area contributed by atoms with E-state index < -0.39 is 0 Å². The zero-order valence-electron chi connectivity index (χ0n) is 11.0. The molecule has 1 unspecified atom stereocenters. The van der Waals surface area contributed by atoms with Crippen molar-refractivity contribution >= 4 is 17.2 Å². The van der Waals surface area contributed by atoms with E-state index in [-0.39, 0.29) is 5.91 Å². The minimum atomic E-state index is 0.194. The fourth-order valence-electron chi connectivity index (χ4n) is 2.45. The number of amides is 1. The minimum absolute atomic E-state index is 0.194. The molecule has 1 fully saturated rings. The van der Waals surface area contributed by atoms with E-state index in [0.29, 0.717) is 6.04 Å². The summed E-state index contributed by atoms with van der Waals surface area (Å²) in [5.74, 6) is 0.194. The number of hydrogen-bond acceptors (Lipinski definition) is 3. The molecular weight excluding hydrogens is 244 g/mol. The number of carbonyl (C=O) groups excluding carboxylic acids is 1. The Kier molecular flexibility index (Phi) is 5.20. The van der Waals surface area contributed by atoms with E-state index in [0.717, 1.165) is 30.9 Å². The average molecular weight is 266 g/mol. The molecule has 1 aliphatic heterocycles. The second-order valence-electron chi connectivity index (χ2n) is 4.88. The van der Waals surface area contributed by atoms with Crippen molar-refractivity contribution in [1.82, 2.24) is 10.2 Å². The molecule has 4 heteroatoms. The smallest absolute Gasteiger partial charge is 0.263 e. The monoisotopic (exact) mass is 266 g/mol. The van der Waals surface area contributed by atoms with E-state index in [1.165, 1.54) is 30.6 Å². The fourth-order valence-corrected chi connectivity index (χ4v) is 3.14. The van der Waals surface area contributed by atoms with Gasteiger partial charge >= 0.3 is 0 Å². The van der Waals surface area contributed by atoms with Gasteiger partial charge in [-0.15, -0.1) is 11.3 Å². The average Bonchev–Trinajstić information content (AvgIpc) is 2.92. The molecule has 1 aromatic heterocycles. The molecule has 1 aromatic rings. The molecule has 3 nitrogen and oxygen atoms in total. The molecule has 1 saturated heterocycles. The Bertz CT molecular complexity index is 358. The van der Waals surface area contributed by atoms with Gasteiger partial charge in [-0.05, 0) is 37.3 Å². The third-order valence-electron chi connectivity index (χ3n) is 3.37. The van der Waals surface area contributed by atoms with Crippen LogP contribution in [0.4, 0.5) is 0 Å². The van der Waals surface area contributed by atoms with E-state index in [1.54, 1.807) is 0 Å². The highest BCUT2D eigenvalue weighted by Gasteiger charge is 2.21. The van der Waals surface area contributed by atoms with Gasteiger partial charge in [0.2, 0.25) is 0 Å². The topological polar surface area (TPSA) is 32.3 Å². The van der Waals surface area contributed by atoms with Crippen LogP contribution in [0, 0.1) is 0 Å². The highest BCUT2D eigenvalue weighted by molar-refractivity contribution is 7.12. The van der Waals surface area contributed by atoms with Crippen molar-refractivity contribution in [1.29, 1.82) is 0 Å². The highest BCUT2D eigenvalue weighted by Crippen LogP contribution is 2.15. The molecule has 1 N–H and O–H groups in total. The quantitative estimate of drug-likeness (QED) is 0.889. The summed E-state index contributed by atoms with van der Waals surface area (Å²) in [5, 5.41) is 5.49. The maximum atomic E-state index is 12.4. The normalized spacial score (nSPS) is 19.7. The van der Waals surface area contributed by atoms with Gasteiger partial charge in [-0.25, -0.2) is 0 Å². The molecule has 0 aliphatic carbocycles. The van der Waals surface area contributed by atoms with Gasteiger partial charge in [0.05, 0.1) is 4.88 Å². The summed E-state index contributed by atoms with van der Waals surface area (Å²) in [4.78, 5) is 15.2. The van der Waals surface area contributed by atoms with Gasteiger partial charge in [0.15, 0.2) is 0 Å². The zero-order valence-corrected chi connectivity index (χ0v) is 11.8. The highest BCUT2D eigenvalue weighted by atomic mass is 32.1. The predicted octanol–water partition coefficient (Wildman–Crippen LogP) is 2.74. The molecule has 0 radical (unpaired) electrons. The molecule has 0 aromatic carbocycles. The van der Waals surface area contributed by atoms with Crippen molar-refractivity contribution in [2.75, 3.05) is 19.6 Å². The molecule has 2 heterocycles.